The van der Waals surface area contributed by atoms with Gasteiger partial charge in [0.15, 0.2) is 0 Å². The van der Waals surface area contributed by atoms with Crippen molar-refractivity contribution in [3.8, 4) is 11.1 Å². The van der Waals surface area contributed by atoms with Crippen LogP contribution >= 0.6 is 15.9 Å². The molecule has 0 fully saturated rings. The van der Waals surface area contributed by atoms with Crippen LogP contribution in [0.2, 0.25) is 0 Å². The predicted molar refractivity (Wildman–Crippen MR) is 69.8 cm³/mol. The lowest BCUT2D eigenvalue weighted by molar-refractivity contribution is 0.756. The van der Waals surface area contributed by atoms with E-state index in [-0.39, 0.29) is 0 Å². The normalized spacial score (nSPS) is 11.2. The van der Waals surface area contributed by atoms with Crippen LogP contribution in [-0.2, 0) is 7.05 Å². The third-order valence-electron chi connectivity index (χ3n) is 2.75. The Morgan fingerprint density at radius 1 is 1.18 bits per heavy atom. The summed E-state index contributed by atoms with van der Waals surface area (Å²) in [4.78, 5) is 0. The Labute approximate surface area is 107 Å². The van der Waals surface area contributed by atoms with Crippen molar-refractivity contribution in [2.45, 2.75) is 6.92 Å². The zero-order valence-electron chi connectivity index (χ0n) is 9.55. The third-order valence-corrected chi connectivity index (χ3v) is 3.14. The second kappa shape index (κ2) is 3.70. The lowest BCUT2D eigenvalue weighted by Crippen LogP contribution is -1.88. The first-order valence-electron chi connectivity index (χ1n) is 5.29. The summed E-state index contributed by atoms with van der Waals surface area (Å²) in [5, 5.41) is 8.69. The van der Waals surface area contributed by atoms with Gasteiger partial charge in [-0.05, 0) is 35.0 Å². The molecule has 0 saturated carbocycles. The van der Waals surface area contributed by atoms with Crippen molar-refractivity contribution in [3.63, 3.8) is 0 Å². The van der Waals surface area contributed by atoms with Crippen LogP contribution in [-0.4, -0.2) is 19.4 Å². The molecule has 0 unspecified atom stereocenters. The molecule has 0 aliphatic heterocycles. The molecule has 3 aromatic heterocycles. The van der Waals surface area contributed by atoms with Crippen molar-refractivity contribution in [2.75, 3.05) is 0 Å². The zero-order valence-corrected chi connectivity index (χ0v) is 11.1. The molecule has 4 nitrogen and oxygen atoms in total. The van der Waals surface area contributed by atoms with Gasteiger partial charge < -0.3 is 0 Å². The second-order valence-corrected chi connectivity index (χ2v) is 4.87. The van der Waals surface area contributed by atoms with Crippen molar-refractivity contribution in [2.24, 2.45) is 7.05 Å². The maximum Gasteiger partial charge on any atom is 0.129 e. The van der Waals surface area contributed by atoms with Gasteiger partial charge in [0.1, 0.15) is 4.60 Å². The molecule has 0 aromatic carbocycles. The van der Waals surface area contributed by atoms with E-state index in [0.717, 1.165) is 26.9 Å². The Balaban J connectivity index is 2.20. The second-order valence-electron chi connectivity index (χ2n) is 4.06. The molecule has 17 heavy (non-hydrogen) atoms. The summed E-state index contributed by atoms with van der Waals surface area (Å²) in [6, 6.07) is 6.13. The Morgan fingerprint density at radius 3 is 2.71 bits per heavy atom. The summed E-state index contributed by atoms with van der Waals surface area (Å²) >= 11 is 3.38. The number of aromatic nitrogens is 4. The lowest BCUT2D eigenvalue weighted by atomic mass is 10.1. The molecule has 0 aliphatic carbocycles. The predicted octanol–water partition coefficient (Wildman–Crippen LogP) is 2.81. The molecule has 0 saturated heterocycles. The summed E-state index contributed by atoms with van der Waals surface area (Å²) in [7, 11) is 1.93. The highest BCUT2D eigenvalue weighted by molar-refractivity contribution is 9.10. The largest absolute Gasteiger partial charge is 0.275 e. The Morgan fingerprint density at radius 2 is 2.00 bits per heavy atom. The van der Waals surface area contributed by atoms with Crippen LogP contribution in [0.5, 0.6) is 0 Å². The topological polar surface area (TPSA) is 35.1 Å². The molecular formula is C12H11BrN4. The molecule has 0 amide bonds. The third kappa shape index (κ3) is 1.76. The molecule has 0 radical (unpaired) electrons. The molecule has 0 atom stereocenters. The van der Waals surface area contributed by atoms with Gasteiger partial charge in [-0.3, -0.25) is 4.68 Å². The summed E-state index contributed by atoms with van der Waals surface area (Å²) in [5.74, 6) is 0. The minimum absolute atomic E-state index is 0.845. The monoisotopic (exact) mass is 290 g/mol. The maximum absolute atomic E-state index is 4.35. The lowest BCUT2D eigenvalue weighted by Gasteiger charge is -2.00. The van der Waals surface area contributed by atoms with Crippen molar-refractivity contribution in [1.82, 2.24) is 19.4 Å². The average Bonchev–Trinajstić information content (AvgIpc) is 2.78. The Hall–Kier alpha value is -1.62. The molecular weight excluding hydrogens is 280 g/mol. The number of nitrogens with zero attached hydrogens (tertiary/aromatic N) is 4. The van der Waals surface area contributed by atoms with Gasteiger partial charge in [-0.25, -0.2) is 4.52 Å². The minimum atomic E-state index is 0.845. The number of fused-ring (bicyclic) bond motifs is 1. The maximum atomic E-state index is 4.35. The first kappa shape index (κ1) is 10.5. The van der Waals surface area contributed by atoms with Crippen LogP contribution in [0.15, 0.2) is 35.2 Å². The van der Waals surface area contributed by atoms with Crippen molar-refractivity contribution in [3.05, 3.63) is 40.9 Å². The summed E-state index contributed by atoms with van der Waals surface area (Å²) in [5.41, 5.74) is 4.36. The average molecular weight is 291 g/mol. The van der Waals surface area contributed by atoms with E-state index < -0.39 is 0 Å². The van der Waals surface area contributed by atoms with Gasteiger partial charge in [-0.15, -0.1) is 0 Å². The first-order valence-corrected chi connectivity index (χ1v) is 6.08. The van der Waals surface area contributed by atoms with Crippen LogP contribution < -0.4 is 0 Å². The number of halogens is 1. The zero-order chi connectivity index (χ0) is 12.0. The van der Waals surface area contributed by atoms with Gasteiger partial charge in [0, 0.05) is 30.6 Å². The van der Waals surface area contributed by atoms with Crippen LogP contribution in [0.25, 0.3) is 16.6 Å². The Bertz CT molecular complexity index is 696. The van der Waals surface area contributed by atoms with Gasteiger partial charge in [0.05, 0.1) is 11.2 Å². The van der Waals surface area contributed by atoms with Crippen LogP contribution in [0.4, 0.5) is 0 Å². The van der Waals surface area contributed by atoms with E-state index >= 15 is 0 Å². The Kier molecular flexibility index (Phi) is 2.29. The van der Waals surface area contributed by atoms with Crippen molar-refractivity contribution < 1.29 is 0 Å². The van der Waals surface area contributed by atoms with Gasteiger partial charge in [-0.2, -0.15) is 10.2 Å². The number of pyridine rings is 1. The highest BCUT2D eigenvalue weighted by atomic mass is 79.9. The smallest absolute Gasteiger partial charge is 0.129 e. The van der Waals surface area contributed by atoms with E-state index in [2.05, 4.69) is 38.3 Å². The van der Waals surface area contributed by atoms with E-state index in [0.29, 0.717) is 0 Å². The molecule has 86 valence electrons. The molecule has 3 aromatic rings. The summed E-state index contributed by atoms with van der Waals surface area (Å²) in [6.45, 7) is 2.01. The first-order chi connectivity index (χ1) is 8.13. The molecule has 0 aliphatic rings. The number of aryl methyl sites for hydroxylation is 2. The van der Waals surface area contributed by atoms with Gasteiger partial charge >= 0.3 is 0 Å². The van der Waals surface area contributed by atoms with Crippen LogP contribution in [0, 0.1) is 6.92 Å². The van der Waals surface area contributed by atoms with Crippen LogP contribution in [0.1, 0.15) is 5.69 Å². The summed E-state index contributed by atoms with van der Waals surface area (Å²) < 4.78 is 4.54. The highest BCUT2D eigenvalue weighted by Crippen LogP contribution is 2.23. The number of hydrogen-bond donors (Lipinski definition) is 0. The molecule has 5 heteroatoms. The van der Waals surface area contributed by atoms with Gasteiger partial charge in [0.25, 0.3) is 0 Å². The van der Waals surface area contributed by atoms with E-state index in [4.69, 9.17) is 0 Å². The fraction of sp³-hybridized carbons (Fsp3) is 0.167. The van der Waals surface area contributed by atoms with Crippen LogP contribution in [0.3, 0.4) is 0 Å². The van der Waals surface area contributed by atoms with Crippen molar-refractivity contribution >= 4 is 21.4 Å². The number of rotatable bonds is 1. The highest BCUT2D eigenvalue weighted by Gasteiger charge is 2.07. The molecule has 0 bridgehead atoms. The van der Waals surface area contributed by atoms with E-state index in [1.54, 1.807) is 0 Å². The fourth-order valence-corrected chi connectivity index (χ4v) is 2.40. The quantitative estimate of drug-likeness (QED) is 0.691. The van der Waals surface area contributed by atoms with E-state index in [9.17, 15) is 0 Å². The van der Waals surface area contributed by atoms with Gasteiger partial charge in [-0.1, -0.05) is 6.07 Å². The molecule has 3 rings (SSSR count). The van der Waals surface area contributed by atoms with Gasteiger partial charge in [0.2, 0.25) is 0 Å². The van der Waals surface area contributed by atoms with E-state index in [1.807, 2.05) is 41.6 Å². The SMILES string of the molecule is Cc1nn(C)cc1-c1ccc2cc(Br)nn2c1. The van der Waals surface area contributed by atoms with E-state index in [1.165, 1.54) is 0 Å². The molecule has 0 spiro atoms. The van der Waals surface area contributed by atoms with Crippen molar-refractivity contribution in [1.29, 1.82) is 0 Å². The molecule has 0 N–H and O–H groups in total. The summed E-state index contributed by atoms with van der Waals surface area (Å²) in [6.07, 6.45) is 4.04. The fourth-order valence-electron chi connectivity index (χ4n) is 2.00. The standard InChI is InChI=1S/C12H11BrN4/c1-8-11(7-16(2)14-8)9-3-4-10-5-12(13)15-17(10)6-9/h3-7H,1-2H3. The minimum Gasteiger partial charge on any atom is -0.275 e. The number of hydrogen-bond acceptors (Lipinski definition) is 2. The molecule has 3 heterocycles.